The zero-order valence-electron chi connectivity index (χ0n) is 11.0. The first-order valence-corrected chi connectivity index (χ1v) is 6.61. The van der Waals surface area contributed by atoms with E-state index in [1.165, 1.54) is 29.5 Å². The van der Waals surface area contributed by atoms with Crippen LogP contribution in [-0.4, -0.2) is 19.8 Å². The van der Waals surface area contributed by atoms with Crippen molar-refractivity contribution in [3.63, 3.8) is 0 Å². The average Bonchev–Trinajstić information content (AvgIpc) is 2.34. The van der Waals surface area contributed by atoms with Crippen LogP contribution in [0.4, 0.5) is 0 Å². The molecule has 2 heteroatoms. The van der Waals surface area contributed by atoms with Gasteiger partial charge in [0.15, 0.2) is 0 Å². The van der Waals surface area contributed by atoms with Gasteiger partial charge in [-0.2, -0.15) is 0 Å². The van der Waals surface area contributed by atoms with Gasteiger partial charge in [-0.05, 0) is 55.8 Å². The third-order valence-electron chi connectivity index (χ3n) is 3.72. The summed E-state index contributed by atoms with van der Waals surface area (Å²) in [5, 5.41) is 3.60. The van der Waals surface area contributed by atoms with Gasteiger partial charge in [0.2, 0.25) is 0 Å². The third-order valence-corrected chi connectivity index (χ3v) is 3.72. The molecule has 1 N–H and O–H groups in total. The second-order valence-electron chi connectivity index (χ2n) is 5.06. The highest BCUT2D eigenvalue weighted by atomic mass is 16.5. The fourth-order valence-corrected chi connectivity index (χ4v) is 2.48. The Bertz CT molecular complexity index is 336. The van der Waals surface area contributed by atoms with Crippen molar-refractivity contribution in [2.45, 2.75) is 33.2 Å². The minimum absolute atomic E-state index is 0.799. The van der Waals surface area contributed by atoms with Crippen LogP contribution in [0.15, 0.2) is 18.2 Å². The summed E-state index contributed by atoms with van der Waals surface area (Å²) in [6.07, 6.45) is 2.42. The Morgan fingerprint density at radius 1 is 1.18 bits per heavy atom. The highest BCUT2D eigenvalue weighted by molar-refractivity contribution is 5.33. The van der Waals surface area contributed by atoms with Crippen LogP contribution in [0, 0.1) is 19.8 Å². The zero-order chi connectivity index (χ0) is 12.1. The molecular formula is C15H23NO. The van der Waals surface area contributed by atoms with E-state index >= 15 is 0 Å². The molecule has 0 radical (unpaired) electrons. The Balaban J connectivity index is 1.81. The van der Waals surface area contributed by atoms with Gasteiger partial charge >= 0.3 is 0 Å². The number of rotatable bonds is 4. The SMILES string of the molecule is Cc1cccc(C)c1CNCC1CCOCC1. The van der Waals surface area contributed by atoms with Gasteiger partial charge in [-0.15, -0.1) is 0 Å². The first kappa shape index (κ1) is 12.6. The highest BCUT2D eigenvalue weighted by Crippen LogP contribution is 2.15. The van der Waals surface area contributed by atoms with Crippen molar-refractivity contribution in [1.29, 1.82) is 0 Å². The lowest BCUT2D eigenvalue weighted by atomic mass is 9.99. The second kappa shape index (κ2) is 6.18. The maximum Gasteiger partial charge on any atom is 0.0469 e. The standard InChI is InChI=1S/C15H23NO/c1-12-4-3-5-13(2)15(12)11-16-10-14-6-8-17-9-7-14/h3-5,14,16H,6-11H2,1-2H3. The van der Waals surface area contributed by atoms with E-state index in [4.69, 9.17) is 4.74 Å². The fourth-order valence-electron chi connectivity index (χ4n) is 2.48. The Kier molecular flexibility index (Phi) is 4.57. The van der Waals surface area contributed by atoms with Crippen LogP contribution in [0.2, 0.25) is 0 Å². The minimum atomic E-state index is 0.799. The molecular weight excluding hydrogens is 210 g/mol. The third kappa shape index (κ3) is 3.55. The number of benzene rings is 1. The lowest BCUT2D eigenvalue weighted by Gasteiger charge is -2.22. The molecule has 1 saturated heterocycles. The van der Waals surface area contributed by atoms with Crippen LogP contribution in [0.3, 0.4) is 0 Å². The Morgan fingerprint density at radius 2 is 1.82 bits per heavy atom. The van der Waals surface area contributed by atoms with Crippen LogP contribution < -0.4 is 5.32 Å². The van der Waals surface area contributed by atoms with Gasteiger partial charge in [0.1, 0.15) is 0 Å². The second-order valence-corrected chi connectivity index (χ2v) is 5.06. The molecule has 1 fully saturated rings. The summed E-state index contributed by atoms with van der Waals surface area (Å²) in [6, 6.07) is 6.52. The van der Waals surface area contributed by atoms with Crippen molar-refractivity contribution >= 4 is 0 Å². The maximum absolute atomic E-state index is 5.37. The van der Waals surface area contributed by atoms with Crippen LogP contribution in [-0.2, 0) is 11.3 Å². The zero-order valence-corrected chi connectivity index (χ0v) is 11.0. The van der Waals surface area contributed by atoms with Crippen LogP contribution in [0.5, 0.6) is 0 Å². The molecule has 0 amide bonds. The van der Waals surface area contributed by atoms with Crippen LogP contribution >= 0.6 is 0 Å². The van der Waals surface area contributed by atoms with Crippen molar-refractivity contribution in [1.82, 2.24) is 5.32 Å². The molecule has 17 heavy (non-hydrogen) atoms. The van der Waals surface area contributed by atoms with Crippen molar-refractivity contribution in [3.8, 4) is 0 Å². The highest BCUT2D eigenvalue weighted by Gasteiger charge is 2.13. The van der Waals surface area contributed by atoms with E-state index in [1.54, 1.807) is 0 Å². The minimum Gasteiger partial charge on any atom is -0.381 e. The van der Waals surface area contributed by atoms with E-state index in [9.17, 15) is 0 Å². The number of nitrogens with one attached hydrogen (secondary N) is 1. The molecule has 2 nitrogen and oxygen atoms in total. The van der Waals surface area contributed by atoms with E-state index in [2.05, 4.69) is 37.4 Å². The van der Waals surface area contributed by atoms with Crippen molar-refractivity contribution < 1.29 is 4.74 Å². The molecule has 1 aromatic carbocycles. The predicted octanol–water partition coefficient (Wildman–Crippen LogP) is 2.82. The Morgan fingerprint density at radius 3 is 2.47 bits per heavy atom. The van der Waals surface area contributed by atoms with E-state index in [0.717, 1.165) is 32.2 Å². The molecule has 1 aliphatic rings. The summed E-state index contributed by atoms with van der Waals surface area (Å²) in [5.74, 6) is 0.799. The summed E-state index contributed by atoms with van der Waals surface area (Å²) in [6.45, 7) is 8.38. The normalized spacial score (nSPS) is 17.3. The molecule has 2 rings (SSSR count). The number of hydrogen-bond acceptors (Lipinski definition) is 2. The summed E-state index contributed by atoms with van der Waals surface area (Å²) < 4.78 is 5.37. The van der Waals surface area contributed by atoms with Gasteiger partial charge < -0.3 is 10.1 Å². The molecule has 0 aliphatic carbocycles. The van der Waals surface area contributed by atoms with Crippen molar-refractivity contribution in [3.05, 3.63) is 34.9 Å². The summed E-state index contributed by atoms with van der Waals surface area (Å²) in [5.41, 5.74) is 4.24. The molecule has 1 heterocycles. The van der Waals surface area contributed by atoms with Gasteiger partial charge in [0.25, 0.3) is 0 Å². The topological polar surface area (TPSA) is 21.3 Å². The lowest BCUT2D eigenvalue weighted by Crippen LogP contribution is -2.27. The van der Waals surface area contributed by atoms with Gasteiger partial charge in [-0.3, -0.25) is 0 Å². The largest absolute Gasteiger partial charge is 0.381 e. The summed E-state index contributed by atoms with van der Waals surface area (Å²) in [7, 11) is 0. The number of ether oxygens (including phenoxy) is 1. The van der Waals surface area contributed by atoms with E-state index in [-0.39, 0.29) is 0 Å². The molecule has 1 aliphatic heterocycles. The maximum atomic E-state index is 5.37. The molecule has 0 unspecified atom stereocenters. The smallest absolute Gasteiger partial charge is 0.0469 e. The molecule has 0 bridgehead atoms. The summed E-state index contributed by atoms with van der Waals surface area (Å²) >= 11 is 0. The fraction of sp³-hybridized carbons (Fsp3) is 0.600. The van der Waals surface area contributed by atoms with Crippen molar-refractivity contribution in [2.24, 2.45) is 5.92 Å². The molecule has 1 aromatic rings. The summed E-state index contributed by atoms with van der Waals surface area (Å²) in [4.78, 5) is 0. The van der Waals surface area contributed by atoms with Gasteiger partial charge in [-0.1, -0.05) is 18.2 Å². The average molecular weight is 233 g/mol. The molecule has 0 saturated carbocycles. The first-order chi connectivity index (χ1) is 8.27. The Labute approximate surface area is 104 Å². The Hall–Kier alpha value is -0.860. The van der Waals surface area contributed by atoms with E-state index in [1.807, 2.05) is 0 Å². The van der Waals surface area contributed by atoms with E-state index < -0.39 is 0 Å². The lowest BCUT2D eigenvalue weighted by molar-refractivity contribution is 0.0662. The number of aryl methyl sites for hydroxylation is 2. The van der Waals surface area contributed by atoms with Gasteiger partial charge in [-0.25, -0.2) is 0 Å². The first-order valence-electron chi connectivity index (χ1n) is 6.61. The number of hydrogen-bond donors (Lipinski definition) is 1. The molecule has 0 aromatic heterocycles. The van der Waals surface area contributed by atoms with Gasteiger partial charge in [0.05, 0.1) is 0 Å². The molecule has 0 atom stereocenters. The molecule has 94 valence electrons. The van der Waals surface area contributed by atoms with Crippen molar-refractivity contribution in [2.75, 3.05) is 19.8 Å². The monoisotopic (exact) mass is 233 g/mol. The molecule has 0 spiro atoms. The predicted molar refractivity (Wildman–Crippen MR) is 71.2 cm³/mol. The van der Waals surface area contributed by atoms with Crippen LogP contribution in [0.1, 0.15) is 29.5 Å². The quantitative estimate of drug-likeness (QED) is 0.863. The van der Waals surface area contributed by atoms with E-state index in [0.29, 0.717) is 0 Å². The van der Waals surface area contributed by atoms with Gasteiger partial charge in [0, 0.05) is 19.8 Å². The van der Waals surface area contributed by atoms with Crippen LogP contribution in [0.25, 0.3) is 0 Å².